The average Bonchev–Trinajstić information content (AvgIpc) is 2.31. The Balaban J connectivity index is 2.65. The topological polar surface area (TPSA) is 47.3 Å². The van der Waals surface area contributed by atoms with Gasteiger partial charge in [0.05, 0.1) is 6.20 Å². The van der Waals surface area contributed by atoms with Gasteiger partial charge in [-0.1, -0.05) is 0 Å². The molecule has 1 aromatic rings. The summed E-state index contributed by atoms with van der Waals surface area (Å²) in [7, 11) is 0. The molecule has 60 valence electrons. The van der Waals surface area contributed by atoms with Crippen molar-refractivity contribution in [2.75, 3.05) is 0 Å². The first-order valence-electron chi connectivity index (χ1n) is 3.23. The molecule has 0 unspecified atom stereocenters. The Hall–Kier alpha value is -1.45. The maximum Gasteiger partial charge on any atom is 0.157 e. The molecule has 1 rings (SSSR count). The Kier molecular flexibility index (Phi) is 2.15. The molecule has 0 aliphatic rings. The third-order valence-electron chi connectivity index (χ3n) is 1.12. The minimum Gasteiger partial charge on any atom is -0.509 e. The summed E-state index contributed by atoms with van der Waals surface area (Å²) in [4.78, 5) is 8.90. The van der Waals surface area contributed by atoms with Crippen LogP contribution in [0.3, 0.4) is 0 Å². The van der Waals surface area contributed by atoms with Gasteiger partial charge in [-0.3, -0.25) is 0 Å². The molecule has 0 atom stereocenters. The van der Waals surface area contributed by atoms with Gasteiger partial charge in [0.1, 0.15) is 11.6 Å². The van der Waals surface area contributed by atoms with Gasteiger partial charge in [-0.2, -0.15) is 4.73 Å². The van der Waals surface area contributed by atoms with E-state index in [-0.39, 0.29) is 5.76 Å². The molecule has 0 saturated heterocycles. The molecule has 0 amide bonds. The van der Waals surface area contributed by atoms with Crippen LogP contribution in [0.15, 0.2) is 24.4 Å². The zero-order chi connectivity index (χ0) is 8.27. The van der Waals surface area contributed by atoms with Crippen molar-refractivity contribution in [3.63, 3.8) is 0 Å². The van der Waals surface area contributed by atoms with Gasteiger partial charge in [-0.05, 0) is 13.8 Å². The quantitative estimate of drug-likeness (QED) is 0.647. The van der Waals surface area contributed by atoms with Crippen LogP contribution in [0.4, 0.5) is 0 Å². The summed E-state index contributed by atoms with van der Waals surface area (Å²) in [5.41, 5.74) is 0. The van der Waals surface area contributed by atoms with Gasteiger partial charge in [-0.25, -0.2) is 4.98 Å². The summed E-state index contributed by atoms with van der Waals surface area (Å²) >= 11 is 0. The third-order valence-corrected chi connectivity index (χ3v) is 1.12. The zero-order valence-electron chi connectivity index (χ0n) is 6.48. The number of aliphatic hydroxyl groups excluding tert-OH is 1. The second-order valence-corrected chi connectivity index (χ2v) is 2.16. The van der Waals surface area contributed by atoms with Gasteiger partial charge in [0.25, 0.3) is 0 Å². The monoisotopic (exact) mass is 154 g/mol. The molecule has 0 saturated carbocycles. The van der Waals surface area contributed by atoms with E-state index in [1.54, 1.807) is 19.3 Å². The summed E-state index contributed by atoms with van der Waals surface area (Å²) in [6.45, 7) is 3.34. The SMILES string of the molecule is CC(O)=COn1ccnc1C. The fourth-order valence-corrected chi connectivity index (χ4v) is 0.611. The number of allylic oxidation sites excluding steroid dienone is 1. The molecule has 0 spiro atoms. The van der Waals surface area contributed by atoms with Crippen LogP contribution in [0.1, 0.15) is 12.7 Å². The summed E-state index contributed by atoms with van der Waals surface area (Å²) < 4.78 is 1.46. The third kappa shape index (κ3) is 2.00. The number of imidazole rings is 1. The van der Waals surface area contributed by atoms with Crippen LogP contribution in [-0.4, -0.2) is 14.8 Å². The van der Waals surface area contributed by atoms with Crippen molar-refractivity contribution < 1.29 is 9.94 Å². The first-order chi connectivity index (χ1) is 5.20. The molecule has 0 fully saturated rings. The van der Waals surface area contributed by atoms with Gasteiger partial charge in [0, 0.05) is 6.20 Å². The zero-order valence-corrected chi connectivity index (χ0v) is 6.48. The van der Waals surface area contributed by atoms with Crippen molar-refractivity contribution in [1.82, 2.24) is 9.71 Å². The lowest BCUT2D eigenvalue weighted by Gasteiger charge is -2.00. The van der Waals surface area contributed by atoms with Crippen molar-refractivity contribution in [1.29, 1.82) is 0 Å². The summed E-state index contributed by atoms with van der Waals surface area (Å²) in [6, 6.07) is 0. The summed E-state index contributed by atoms with van der Waals surface area (Å²) in [5, 5.41) is 8.74. The highest BCUT2D eigenvalue weighted by Crippen LogP contribution is 1.92. The van der Waals surface area contributed by atoms with E-state index in [1.165, 1.54) is 17.9 Å². The maximum atomic E-state index is 8.74. The lowest BCUT2D eigenvalue weighted by atomic mass is 10.7. The predicted octanol–water partition coefficient (Wildman–Crippen LogP) is 1.04. The molecule has 0 aromatic carbocycles. The van der Waals surface area contributed by atoms with Gasteiger partial charge < -0.3 is 9.94 Å². The van der Waals surface area contributed by atoms with Crippen LogP contribution < -0.4 is 4.84 Å². The minimum atomic E-state index is 0.123. The molecular weight excluding hydrogens is 144 g/mol. The van der Waals surface area contributed by atoms with Crippen LogP contribution in [0, 0.1) is 6.92 Å². The second kappa shape index (κ2) is 3.09. The van der Waals surface area contributed by atoms with Gasteiger partial charge in [-0.15, -0.1) is 0 Å². The van der Waals surface area contributed by atoms with E-state index in [9.17, 15) is 0 Å². The average molecular weight is 154 g/mol. The van der Waals surface area contributed by atoms with Gasteiger partial charge in [0.15, 0.2) is 6.26 Å². The van der Waals surface area contributed by atoms with Crippen LogP contribution in [0.5, 0.6) is 0 Å². The number of aromatic nitrogens is 2. The highest BCUT2D eigenvalue weighted by atomic mass is 16.7. The molecule has 1 heterocycles. The van der Waals surface area contributed by atoms with E-state index >= 15 is 0 Å². The van der Waals surface area contributed by atoms with E-state index in [0.717, 1.165) is 5.82 Å². The first kappa shape index (κ1) is 7.65. The fourth-order valence-electron chi connectivity index (χ4n) is 0.611. The number of rotatable bonds is 2. The Morgan fingerprint density at radius 3 is 3.00 bits per heavy atom. The minimum absolute atomic E-state index is 0.123. The number of hydrogen-bond acceptors (Lipinski definition) is 3. The lowest BCUT2D eigenvalue weighted by Crippen LogP contribution is -2.05. The van der Waals surface area contributed by atoms with E-state index in [1.807, 2.05) is 0 Å². The molecule has 0 bridgehead atoms. The largest absolute Gasteiger partial charge is 0.509 e. The first-order valence-corrected chi connectivity index (χ1v) is 3.23. The van der Waals surface area contributed by atoms with E-state index in [4.69, 9.17) is 9.94 Å². The van der Waals surface area contributed by atoms with Crippen LogP contribution in [-0.2, 0) is 0 Å². The van der Waals surface area contributed by atoms with Crippen molar-refractivity contribution in [3.05, 3.63) is 30.2 Å². The standard InChI is InChI=1S/C7H10N2O2/c1-6(10)5-11-9-4-3-8-7(9)2/h3-5,10H,1-2H3. The van der Waals surface area contributed by atoms with Crippen molar-refractivity contribution >= 4 is 0 Å². The normalized spacial score (nSPS) is 11.6. The Bertz CT molecular complexity index is 261. The summed E-state index contributed by atoms with van der Waals surface area (Å²) in [5.74, 6) is 0.862. The molecule has 0 aliphatic carbocycles. The van der Waals surface area contributed by atoms with Gasteiger partial charge >= 0.3 is 0 Å². The fraction of sp³-hybridized carbons (Fsp3) is 0.286. The molecule has 4 nitrogen and oxygen atoms in total. The van der Waals surface area contributed by atoms with Crippen LogP contribution in [0.25, 0.3) is 0 Å². The molecule has 1 N–H and O–H groups in total. The van der Waals surface area contributed by atoms with Crippen LogP contribution >= 0.6 is 0 Å². The molecule has 0 aliphatic heterocycles. The maximum absolute atomic E-state index is 8.74. The predicted molar refractivity (Wildman–Crippen MR) is 39.9 cm³/mol. The molecular formula is C7H10N2O2. The highest BCUT2D eigenvalue weighted by Gasteiger charge is 1.93. The summed E-state index contributed by atoms with van der Waals surface area (Å²) in [6.07, 6.45) is 4.53. The smallest absolute Gasteiger partial charge is 0.157 e. The Morgan fingerprint density at radius 2 is 2.55 bits per heavy atom. The van der Waals surface area contributed by atoms with E-state index in [2.05, 4.69) is 4.98 Å². The van der Waals surface area contributed by atoms with E-state index < -0.39 is 0 Å². The number of nitrogens with zero attached hydrogens (tertiary/aromatic N) is 2. The molecule has 4 heteroatoms. The Morgan fingerprint density at radius 1 is 1.82 bits per heavy atom. The lowest BCUT2D eigenvalue weighted by molar-refractivity contribution is 0.191. The number of aryl methyl sites for hydroxylation is 1. The Labute approximate surface area is 64.7 Å². The number of aliphatic hydroxyl groups is 1. The van der Waals surface area contributed by atoms with Crippen LogP contribution in [0.2, 0.25) is 0 Å². The molecule has 11 heavy (non-hydrogen) atoms. The molecule has 0 radical (unpaired) electrons. The second-order valence-electron chi connectivity index (χ2n) is 2.16. The molecule has 1 aromatic heterocycles. The number of hydrogen-bond donors (Lipinski definition) is 1. The van der Waals surface area contributed by atoms with Crippen molar-refractivity contribution in [2.24, 2.45) is 0 Å². The van der Waals surface area contributed by atoms with Crippen molar-refractivity contribution in [3.8, 4) is 0 Å². The van der Waals surface area contributed by atoms with E-state index in [0.29, 0.717) is 0 Å². The van der Waals surface area contributed by atoms with Crippen molar-refractivity contribution in [2.45, 2.75) is 13.8 Å². The van der Waals surface area contributed by atoms with Gasteiger partial charge in [0.2, 0.25) is 0 Å². The highest BCUT2D eigenvalue weighted by molar-refractivity contribution is 4.87.